The van der Waals surface area contributed by atoms with Crippen LogP contribution in [0.5, 0.6) is 0 Å². The third-order valence-electron chi connectivity index (χ3n) is 4.18. The summed E-state index contributed by atoms with van der Waals surface area (Å²) < 4.78 is 13.3. The fraction of sp³-hybridized carbons (Fsp3) is 0.158. The first-order valence-corrected chi connectivity index (χ1v) is 7.67. The predicted octanol–water partition coefficient (Wildman–Crippen LogP) is 4.50. The number of fused-ring (bicyclic) bond motifs is 1. The van der Waals surface area contributed by atoms with E-state index in [-0.39, 0.29) is 11.5 Å². The molecule has 23 heavy (non-hydrogen) atoms. The van der Waals surface area contributed by atoms with Gasteiger partial charge in [0.05, 0.1) is 0 Å². The van der Waals surface area contributed by atoms with Gasteiger partial charge in [-0.05, 0) is 54.0 Å². The molecule has 114 valence electrons. The van der Waals surface area contributed by atoms with Crippen molar-refractivity contribution in [2.24, 2.45) is 0 Å². The Kier molecular flexibility index (Phi) is 3.30. The molecule has 0 aliphatic heterocycles. The van der Waals surface area contributed by atoms with Crippen molar-refractivity contribution in [1.82, 2.24) is 4.98 Å². The predicted molar refractivity (Wildman–Crippen MR) is 88.1 cm³/mol. The summed E-state index contributed by atoms with van der Waals surface area (Å²) in [7, 11) is 0. The fourth-order valence-electron chi connectivity index (χ4n) is 2.89. The number of aromatic nitrogens is 1. The molecule has 1 aliphatic rings. The maximum atomic E-state index is 13.3. The number of pyridine rings is 1. The molecule has 1 aliphatic carbocycles. The molecule has 1 amide bonds. The lowest BCUT2D eigenvalue weighted by Gasteiger charge is -2.10. The van der Waals surface area contributed by atoms with E-state index < -0.39 is 5.82 Å². The Labute approximate surface area is 133 Å². The highest BCUT2D eigenvalue weighted by Gasteiger charge is 2.25. The van der Waals surface area contributed by atoms with Crippen molar-refractivity contribution in [2.45, 2.75) is 18.8 Å². The molecule has 0 atom stereocenters. The molecule has 0 spiro atoms. The molecule has 3 aromatic rings. The van der Waals surface area contributed by atoms with E-state index in [0.29, 0.717) is 11.7 Å². The molecule has 1 aromatic heterocycles. The van der Waals surface area contributed by atoms with E-state index in [0.717, 1.165) is 10.8 Å². The van der Waals surface area contributed by atoms with E-state index in [1.807, 2.05) is 18.2 Å². The zero-order chi connectivity index (χ0) is 15.8. The minimum atomic E-state index is -0.431. The minimum Gasteiger partial charge on any atom is -0.306 e. The van der Waals surface area contributed by atoms with Crippen LogP contribution in [0.25, 0.3) is 10.8 Å². The van der Waals surface area contributed by atoms with Crippen LogP contribution < -0.4 is 5.32 Å². The van der Waals surface area contributed by atoms with Crippen molar-refractivity contribution in [3.05, 3.63) is 71.7 Å². The Morgan fingerprint density at radius 1 is 1.09 bits per heavy atom. The monoisotopic (exact) mass is 306 g/mol. The van der Waals surface area contributed by atoms with Gasteiger partial charge in [0.25, 0.3) is 5.91 Å². The van der Waals surface area contributed by atoms with Crippen LogP contribution in [0, 0.1) is 5.82 Å². The standard InChI is InChI=1S/C19H15FN2O/c20-14-4-1-3-13(11-14)19(23)22-18-17-6-2-5-15(12-7-8-12)16(17)9-10-21-18/h1-6,9-12H,7-8H2,(H,21,22,23). The number of carbonyl (C=O) groups excluding carboxylic acids is 1. The van der Waals surface area contributed by atoms with Gasteiger partial charge < -0.3 is 5.32 Å². The third-order valence-corrected chi connectivity index (χ3v) is 4.18. The molecule has 4 heteroatoms. The van der Waals surface area contributed by atoms with Gasteiger partial charge in [-0.2, -0.15) is 0 Å². The summed E-state index contributed by atoms with van der Waals surface area (Å²) in [6.45, 7) is 0. The smallest absolute Gasteiger partial charge is 0.256 e. The summed E-state index contributed by atoms with van der Waals surface area (Å²) in [6, 6.07) is 13.7. The average Bonchev–Trinajstić information content (AvgIpc) is 3.39. The summed E-state index contributed by atoms with van der Waals surface area (Å²) >= 11 is 0. The lowest BCUT2D eigenvalue weighted by atomic mass is 10.0. The normalized spacial score (nSPS) is 14.0. The summed E-state index contributed by atoms with van der Waals surface area (Å²) in [6.07, 6.45) is 4.13. The first-order chi connectivity index (χ1) is 11.2. The molecular formula is C19H15FN2O. The zero-order valence-electron chi connectivity index (χ0n) is 12.4. The fourth-order valence-corrected chi connectivity index (χ4v) is 2.89. The molecule has 1 saturated carbocycles. The third kappa shape index (κ3) is 2.68. The van der Waals surface area contributed by atoms with Gasteiger partial charge in [-0.1, -0.05) is 24.3 Å². The van der Waals surface area contributed by atoms with E-state index in [1.54, 1.807) is 12.3 Å². The first-order valence-electron chi connectivity index (χ1n) is 7.67. The maximum absolute atomic E-state index is 13.3. The number of anilines is 1. The van der Waals surface area contributed by atoms with Crippen LogP contribution in [0.1, 0.15) is 34.7 Å². The van der Waals surface area contributed by atoms with Crippen LogP contribution in [0.2, 0.25) is 0 Å². The highest BCUT2D eigenvalue weighted by atomic mass is 19.1. The highest BCUT2D eigenvalue weighted by molar-refractivity contribution is 6.08. The van der Waals surface area contributed by atoms with Gasteiger partial charge >= 0.3 is 0 Å². The molecule has 1 heterocycles. The van der Waals surface area contributed by atoms with Gasteiger partial charge in [0.15, 0.2) is 0 Å². The van der Waals surface area contributed by atoms with Crippen LogP contribution in [0.4, 0.5) is 10.2 Å². The van der Waals surface area contributed by atoms with E-state index in [2.05, 4.69) is 16.4 Å². The molecule has 0 bridgehead atoms. The second kappa shape index (κ2) is 5.47. The van der Waals surface area contributed by atoms with E-state index in [4.69, 9.17) is 0 Å². The van der Waals surface area contributed by atoms with Gasteiger partial charge in [-0.15, -0.1) is 0 Å². The number of rotatable bonds is 3. The Morgan fingerprint density at radius 2 is 1.91 bits per heavy atom. The lowest BCUT2D eigenvalue weighted by molar-refractivity contribution is 0.102. The molecule has 0 radical (unpaired) electrons. The van der Waals surface area contributed by atoms with Crippen molar-refractivity contribution >= 4 is 22.5 Å². The first kappa shape index (κ1) is 13.9. The number of benzene rings is 2. The van der Waals surface area contributed by atoms with E-state index >= 15 is 0 Å². The average molecular weight is 306 g/mol. The molecule has 3 nitrogen and oxygen atoms in total. The van der Waals surface area contributed by atoms with Crippen LogP contribution in [0.3, 0.4) is 0 Å². The Balaban J connectivity index is 1.72. The number of amides is 1. The number of carbonyl (C=O) groups is 1. The topological polar surface area (TPSA) is 42.0 Å². The summed E-state index contributed by atoms with van der Waals surface area (Å²) in [5.41, 5.74) is 1.59. The summed E-state index contributed by atoms with van der Waals surface area (Å²) in [4.78, 5) is 16.6. The van der Waals surface area contributed by atoms with Gasteiger partial charge in [-0.3, -0.25) is 4.79 Å². The molecule has 1 fully saturated rings. The number of hydrogen-bond donors (Lipinski definition) is 1. The van der Waals surface area contributed by atoms with Gasteiger partial charge in [-0.25, -0.2) is 9.37 Å². The minimum absolute atomic E-state index is 0.280. The molecule has 0 saturated heterocycles. The van der Waals surface area contributed by atoms with E-state index in [9.17, 15) is 9.18 Å². The van der Waals surface area contributed by atoms with Crippen molar-refractivity contribution in [2.75, 3.05) is 5.32 Å². The second-order valence-electron chi connectivity index (χ2n) is 5.84. The van der Waals surface area contributed by atoms with Crippen LogP contribution in [-0.4, -0.2) is 10.9 Å². The number of hydrogen-bond acceptors (Lipinski definition) is 2. The molecule has 4 rings (SSSR count). The Hall–Kier alpha value is -2.75. The lowest BCUT2D eigenvalue weighted by Crippen LogP contribution is -2.13. The van der Waals surface area contributed by atoms with Crippen molar-refractivity contribution in [3.63, 3.8) is 0 Å². The maximum Gasteiger partial charge on any atom is 0.256 e. The van der Waals surface area contributed by atoms with Crippen LogP contribution in [0.15, 0.2) is 54.7 Å². The van der Waals surface area contributed by atoms with Gasteiger partial charge in [0.1, 0.15) is 11.6 Å². The molecular weight excluding hydrogens is 291 g/mol. The molecule has 1 N–H and O–H groups in total. The summed E-state index contributed by atoms with van der Waals surface area (Å²) in [5.74, 6) is 0.341. The van der Waals surface area contributed by atoms with Gasteiger partial charge in [0, 0.05) is 17.1 Å². The largest absolute Gasteiger partial charge is 0.306 e. The van der Waals surface area contributed by atoms with Gasteiger partial charge in [0.2, 0.25) is 0 Å². The number of nitrogens with zero attached hydrogens (tertiary/aromatic N) is 1. The molecule has 0 unspecified atom stereocenters. The second-order valence-corrected chi connectivity index (χ2v) is 5.84. The quantitative estimate of drug-likeness (QED) is 0.774. The van der Waals surface area contributed by atoms with E-state index in [1.165, 1.54) is 36.6 Å². The number of nitrogens with one attached hydrogen (secondary N) is 1. The highest BCUT2D eigenvalue weighted by Crippen LogP contribution is 2.43. The van der Waals surface area contributed by atoms with Crippen molar-refractivity contribution < 1.29 is 9.18 Å². The SMILES string of the molecule is O=C(Nc1nccc2c(C3CC3)cccc12)c1cccc(F)c1. The number of halogens is 1. The molecule has 2 aromatic carbocycles. The van der Waals surface area contributed by atoms with Crippen LogP contribution in [-0.2, 0) is 0 Å². The van der Waals surface area contributed by atoms with Crippen LogP contribution >= 0.6 is 0 Å². The summed E-state index contributed by atoms with van der Waals surface area (Å²) in [5, 5.41) is 4.84. The zero-order valence-corrected chi connectivity index (χ0v) is 12.4. The Bertz CT molecular complexity index is 903. The Morgan fingerprint density at radius 3 is 2.70 bits per heavy atom. The van der Waals surface area contributed by atoms with Crippen molar-refractivity contribution in [1.29, 1.82) is 0 Å². The van der Waals surface area contributed by atoms with Crippen molar-refractivity contribution in [3.8, 4) is 0 Å².